The van der Waals surface area contributed by atoms with Gasteiger partial charge in [-0.1, -0.05) is 0 Å². The first-order valence-electron chi connectivity index (χ1n) is 8.62. The Kier molecular flexibility index (Phi) is 4.54. The molecule has 3 rings (SSSR count). The highest BCUT2D eigenvalue weighted by Gasteiger charge is 2.38. The van der Waals surface area contributed by atoms with E-state index in [2.05, 4.69) is 24.1 Å². The van der Waals surface area contributed by atoms with E-state index in [0.29, 0.717) is 18.5 Å². The summed E-state index contributed by atoms with van der Waals surface area (Å²) in [4.78, 5) is 29.6. The molecular formula is C19H24FN3O2. The highest BCUT2D eigenvalue weighted by atomic mass is 19.1. The summed E-state index contributed by atoms with van der Waals surface area (Å²) >= 11 is 0. The summed E-state index contributed by atoms with van der Waals surface area (Å²) in [5.74, 6) is -0.607. The van der Waals surface area contributed by atoms with Crippen molar-refractivity contribution in [3.8, 4) is 0 Å². The lowest BCUT2D eigenvalue weighted by atomic mass is 9.99. The van der Waals surface area contributed by atoms with Crippen molar-refractivity contribution in [2.75, 3.05) is 6.54 Å². The molecular weight excluding hydrogens is 321 g/mol. The van der Waals surface area contributed by atoms with Crippen molar-refractivity contribution in [3.05, 3.63) is 35.8 Å². The molecule has 2 aromatic rings. The van der Waals surface area contributed by atoms with E-state index in [1.807, 2.05) is 4.90 Å². The molecule has 25 heavy (non-hydrogen) atoms. The second kappa shape index (κ2) is 6.50. The largest absolute Gasteiger partial charge is 0.361 e. The van der Waals surface area contributed by atoms with Gasteiger partial charge in [-0.2, -0.15) is 0 Å². The average Bonchev–Trinajstić information content (AvgIpc) is 3.08. The minimum absolute atomic E-state index is 0.0610. The van der Waals surface area contributed by atoms with Gasteiger partial charge in [0.15, 0.2) is 0 Å². The molecule has 1 aromatic carbocycles. The van der Waals surface area contributed by atoms with Crippen molar-refractivity contribution in [2.24, 2.45) is 0 Å². The van der Waals surface area contributed by atoms with E-state index < -0.39 is 6.04 Å². The molecule has 6 heteroatoms. The van der Waals surface area contributed by atoms with Gasteiger partial charge in [0, 0.05) is 42.5 Å². The van der Waals surface area contributed by atoms with Crippen LogP contribution >= 0.6 is 0 Å². The van der Waals surface area contributed by atoms with E-state index in [-0.39, 0.29) is 23.2 Å². The van der Waals surface area contributed by atoms with Gasteiger partial charge >= 0.3 is 0 Å². The summed E-state index contributed by atoms with van der Waals surface area (Å²) in [5.41, 5.74) is 1.38. The van der Waals surface area contributed by atoms with Gasteiger partial charge in [0.2, 0.25) is 11.8 Å². The fourth-order valence-corrected chi connectivity index (χ4v) is 3.70. The number of carbonyl (C=O) groups is 2. The third-order valence-electron chi connectivity index (χ3n) is 5.00. The number of benzene rings is 1. The maximum Gasteiger partial charge on any atom is 0.245 e. The van der Waals surface area contributed by atoms with E-state index in [1.165, 1.54) is 19.1 Å². The zero-order valence-corrected chi connectivity index (χ0v) is 14.9. The SMILES string of the molecule is CC(=O)N[C@@H](Cc1c[nH]c2cc(F)ccc12)C(=O)N1CCCC1(C)C. The van der Waals surface area contributed by atoms with Crippen LogP contribution in [0.15, 0.2) is 24.4 Å². The number of nitrogens with one attached hydrogen (secondary N) is 2. The molecule has 0 saturated carbocycles. The number of carbonyl (C=O) groups excluding carboxylic acids is 2. The first-order valence-corrected chi connectivity index (χ1v) is 8.62. The van der Waals surface area contributed by atoms with Crippen molar-refractivity contribution >= 4 is 22.7 Å². The number of rotatable bonds is 4. The molecule has 0 radical (unpaired) electrons. The van der Waals surface area contributed by atoms with Crippen LogP contribution in [0, 0.1) is 5.82 Å². The van der Waals surface area contributed by atoms with Crippen molar-refractivity contribution < 1.29 is 14.0 Å². The first-order chi connectivity index (χ1) is 11.8. The highest BCUT2D eigenvalue weighted by molar-refractivity contribution is 5.89. The average molecular weight is 345 g/mol. The third-order valence-corrected chi connectivity index (χ3v) is 5.00. The fourth-order valence-electron chi connectivity index (χ4n) is 3.70. The van der Waals surface area contributed by atoms with Crippen LogP contribution in [0.2, 0.25) is 0 Å². The fraction of sp³-hybridized carbons (Fsp3) is 0.474. The Hall–Kier alpha value is -2.37. The predicted octanol–water partition coefficient (Wildman–Crippen LogP) is 2.76. The number of H-pyrrole nitrogens is 1. The van der Waals surface area contributed by atoms with Crippen LogP contribution in [-0.4, -0.2) is 39.8 Å². The van der Waals surface area contributed by atoms with Crippen molar-refractivity contribution in [3.63, 3.8) is 0 Å². The number of nitrogens with zero attached hydrogens (tertiary/aromatic N) is 1. The van der Waals surface area contributed by atoms with E-state index in [4.69, 9.17) is 0 Å². The maximum absolute atomic E-state index is 13.4. The Bertz CT molecular complexity index is 812. The van der Waals surface area contributed by atoms with Crippen LogP contribution in [0.25, 0.3) is 10.9 Å². The number of fused-ring (bicyclic) bond motifs is 1. The molecule has 0 bridgehead atoms. The van der Waals surface area contributed by atoms with E-state index in [9.17, 15) is 14.0 Å². The topological polar surface area (TPSA) is 65.2 Å². The number of amides is 2. The Labute approximate surface area is 146 Å². The number of aromatic nitrogens is 1. The van der Waals surface area contributed by atoms with Crippen molar-refractivity contribution in [1.29, 1.82) is 0 Å². The normalized spacial score (nSPS) is 17.7. The lowest BCUT2D eigenvalue weighted by Gasteiger charge is -2.34. The van der Waals surface area contributed by atoms with Gasteiger partial charge in [-0.25, -0.2) is 4.39 Å². The molecule has 2 amide bonds. The molecule has 1 aliphatic rings. The van der Waals surface area contributed by atoms with Gasteiger partial charge in [0.05, 0.1) is 0 Å². The van der Waals surface area contributed by atoms with Crippen LogP contribution in [0.5, 0.6) is 0 Å². The number of likely N-dealkylation sites (tertiary alicyclic amines) is 1. The van der Waals surface area contributed by atoms with Gasteiger partial charge in [0.25, 0.3) is 0 Å². The summed E-state index contributed by atoms with van der Waals surface area (Å²) in [6.45, 7) is 6.23. The molecule has 1 aromatic heterocycles. The number of hydrogen-bond donors (Lipinski definition) is 2. The van der Waals surface area contributed by atoms with Crippen LogP contribution in [-0.2, 0) is 16.0 Å². The van der Waals surface area contributed by atoms with E-state index in [0.717, 1.165) is 23.8 Å². The molecule has 134 valence electrons. The molecule has 2 heterocycles. The number of hydrogen-bond acceptors (Lipinski definition) is 2. The van der Waals surface area contributed by atoms with Crippen LogP contribution < -0.4 is 5.32 Å². The van der Waals surface area contributed by atoms with Gasteiger partial charge < -0.3 is 15.2 Å². The van der Waals surface area contributed by atoms with Crippen molar-refractivity contribution in [1.82, 2.24) is 15.2 Å². The van der Waals surface area contributed by atoms with Crippen LogP contribution in [0.3, 0.4) is 0 Å². The summed E-state index contributed by atoms with van der Waals surface area (Å²) in [5, 5.41) is 3.66. The summed E-state index contributed by atoms with van der Waals surface area (Å²) in [7, 11) is 0. The van der Waals surface area contributed by atoms with Gasteiger partial charge in [-0.05, 0) is 50.5 Å². The number of aromatic amines is 1. The van der Waals surface area contributed by atoms with Gasteiger partial charge in [0.1, 0.15) is 11.9 Å². The standard InChI is InChI=1S/C19H24FN3O2/c1-12(24)22-17(18(25)23-8-4-7-19(23,2)3)9-13-11-21-16-10-14(20)5-6-15(13)16/h5-6,10-11,17,21H,4,7-9H2,1-3H3,(H,22,24)/t17-/m0/s1. The Morgan fingerprint density at radius 2 is 2.16 bits per heavy atom. The molecule has 1 saturated heterocycles. The van der Waals surface area contributed by atoms with Gasteiger partial charge in [-0.15, -0.1) is 0 Å². The molecule has 0 spiro atoms. The second-order valence-electron chi connectivity index (χ2n) is 7.37. The summed E-state index contributed by atoms with van der Waals surface area (Å²) in [6, 6.07) is 3.90. The Morgan fingerprint density at radius 1 is 1.40 bits per heavy atom. The molecule has 1 fully saturated rings. The lowest BCUT2D eigenvalue weighted by Crippen LogP contribution is -2.53. The van der Waals surface area contributed by atoms with Crippen LogP contribution in [0.4, 0.5) is 4.39 Å². The van der Waals surface area contributed by atoms with Crippen LogP contribution in [0.1, 0.15) is 39.2 Å². The second-order valence-corrected chi connectivity index (χ2v) is 7.37. The Morgan fingerprint density at radius 3 is 2.80 bits per heavy atom. The third kappa shape index (κ3) is 3.52. The zero-order valence-electron chi connectivity index (χ0n) is 14.9. The molecule has 2 N–H and O–H groups in total. The smallest absolute Gasteiger partial charge is 0.245 e. The summed E-state index contributed by atoms with van der Waals surface area (Å²) in [6.07, 6.45) is 4.08. The predicted molar refractivity (Wildman–Crippen MR) is 94.6 cm³/mol. The Balaban J connectivity index is 1.88. The van der Waals surface area contributed by atoms with Crippen molar-refractivity contribution in [2.45, 2.75) is 51.6 Å². The molecule has 1 atom stereocenters. The van der Waals surface area contributed by atoms with Gasteiger partial charge in [-0.3, -0.25) is 9.59 Å². The molecule has 0 unspecified atom stereocenters. The minimum atomic E-state index is -0.626. The summed E-state index contributed by atoms with van der Waals surface area (Å²) < 4.78 is 13.4. The quantitative estimate of drug-likeness (QED) is 0.895. The highest BCUT2D eigenvalue weighted by Crippen LogP contribution is 2.29. The lowest BCUT2D eigenvalue weighted by molar-refractivity contribution is -0.138. The van der Waals surface area contributed by atoms with E-state index in [1.54, 1.807) is 12.3 Å². The molecule has 0 aliphatic carbocycles. The maximum atomic E-state index is 13.4. The van der Waals surface area contributed by atoms with E-state index >= 15 is 0 Å². The first kappa shape index (κ1) is 17.5. The zero-order chi connectivity index (χ0) is 18.2. The monoisotopic (exact) mass is 345 g/mol. The number of halogens is 1. The molecule has 5 nitrogen and oxygen atoms in total. The minimum Gasteiger partial charge on any atom is -0.361 e. The molecule has 1 aliphatic heterocycles.